The number of aromatic nitrogens is 2. The second-order valence-electron chi connectivity index (χ2n) is 7.85. The summed E-state index contributed by atoms with van der Waals surface area (Å²) in [7, 11) is 0.213. The van der Waals surface area contributed by atoms with E-state index in [0.717, 1.165) is 31.2 Å². The maximum atomic E-state index is 12.8. The highest BCUT2D eigenvalue weighted by Crippen LogP contribution is 2.40. The lowest BCUT2D eigenvalue weighted by Crippen LogP contribution is -2.21. The number of carbonyl (C=O) groups excluding carboxylic acids is 1. The van der Waals surface area contributed by atoms with Crippen LogP contribution >= 0.6 is 11.6 Å². The van der Waals surface area contributed by atoms with Crippen molar-refractivity contribution in [3.63, 3.8) is 0 Å². The summed E-state index contributed by atoms with van der Waals surface area (Å²) in [5.74, 6) is 1.21. The number of sulfone groups is 1. The monoisotopic (exact) mass is 450 g/mol. The molecular weight excluding hydrogens is 424 g/mol. The molecule has 3 rings (SSSR count). The Morgan fingerprint density at radius 3 is 2.57 bits per heavy atom. The van der Waals surface area contributed by atoms with Gasteiger partial charge in [0.1, 0.15) is 11.0 Å². The van der Waals surface area contributed by atoms with E-state index in [1.807, 2.05) is 25.1 Å². The molecule has 1 saturated carbocycles. The Bertz CT molecular complexity index is 974. The van der Waals surface area contributed by atoms with E-state index in [9.17, 15) is 13.2 Å². The fourth-order valence-electron chi connectivity index (χ4n) is 3.93. The average Bonchev–Trinajstić information content (AvgIpc) is 3.27. The Balaban J connectivity index is 1.79. The Labute approximate surface area is 182 Å². The van der Waals surface area contributed by atoms with Gasteiger partial charge in [0.25, 0.3) is 0 Å². The topological polar surface area (TPSA) is 92.3 Å². The van der Waals surface area contributed by atoms with Crippen LogP contribution in [0, 0.1) is 5.92 Å². The molecule has 0 bridgehead atoms. The number of alkyl halides is 1. The van der Waals surface area contributed by atoms with Gasteiger partial charge >= 0.3 is 0 Å². The first-order valence-corrected chi connectivity index (χ1v) is 12.2. The van der Waals surface area contributed by atoms with E-state index in [2.05, 4.69) is 15.3 Å². The van der Waals surface area contributed by atoms with Crippen LogP contribution in [0.25, 0.3) is 0 Å². The van der Waals surface area contributed by atoms with Crippen LogP contribution in [0.3, 0.4) is 0 Å². The van der Waals surface area contributed by atoms with Crippen molar-refractivity contribution in [1.29, 1.82) is 0 Å². The van der Waals surface area contributed by atoms with Gasteiger partial charge in [-0.15, -0.1) is 11.6 Å². The molecule has 162 valence electrons. The fraction of sp³-hybridized carbons (Fsp3) is 0.476. The highest BCUT2D eigenvalue weighted by molar-refractivity contribution is 7.92. The third-order valence-corrected chi connectivity index (χ3v) is 7.65. The minimum absolute atomic E-state index is 0.0630. The van der Waals surface area contributed by atoms with Crippen molar-refractivity contribution in [3.8, 4) is 0 Å². The summed E-state index contributed by atoms with van der Waals surface area (Å²) >= 11 is 5.62. The van der Waals surface area contributed by atoms with Gasteiger partial charge < -0.3 is 10.2 Å². The minimum Gasteiger partial charge on any atom is -0.361 e. The lowest BCUT2D eigenvalue weighted by molar-refractivity contribution is -0.116. The van der Waals surface area contributed by atoms with Gasteiger partial charge in [-0.3, -0.25) is 4.79 Å². The zero-order valence-corrected chi connectivity index (χ0v) is 18.8. The van der Waals surface area contributed by atoms with Gasteiger partial charge in [-0.1, -0.05) is 25.0 Å². The zero-order valence-electron chi connectivity index (χ0n) is 17.2. The van der Waals surface area contributed by atoms with E-state index in [0.29, 0.717) is 17.6 Å². The molecule has 2 aromatic rings. The van der Waals surface area contributed by atoms with E-state index in [1.165, 1.54) is 6.20 Å². The lowest BCUT2D eigenvalue weighted by Gasteiger charge is -2.24. The first-order valence-electron chi connectivity index (χ1n) is 9.98. The molecule has 0 aliphatic heterocycles. The van der Waals surface area contributed by atoms with E-state index < -0.39 is 15.0 Å². The second kappa shape index (κ2) is 9.75. The van der Waals surface area contributed by atoms with Gasteiger partial charge in [-0.25, -0.2) is 18.4 Å². The zero-order chi connectivity index (χ0) is 21.7. The van der Waals surface area contributed by atoms with Crippen LogP contribution in [0.4, 0.5) is 11.6 Å². The highest BCUT2D eigenvalue weighted by atomic mass is 35.5. The third-order valence-electron chi connectivity index (χ3n) is 5.53. The number of benzene rings is 1. The molecule has 7 nitrogen and oxygen atoms in total. The molecule has 1 N–H and O–H groups in total. The molecule has 1 aliphatic carbocycles. The van der Waals surface area contributed by atoms with Gasteiger partial charge in [0, 0.05) is 20.5 Å². The standard InChI is InChI=1S/C21H27ClN4O3S/c1-26(2)20-13-23-19(12-24-20)25-21(27)11-18(15-6-3-4-7-15)16-8-5-9-17(10-16)30(28,29)14-22/h5,8-10,12-13,15,18H,3-4,6-7,11,14H2,1-2H3,(H,23,25,27). The summed E-state index contributed by atoms with van der Waals surface area (Å²) in [5, 5.41) is 2.35. The number of rotatable bonds is 8. The van der Waals surface area contributed by atoms with Crippen LogP contribution in [0.2, 0.25) is 0 Å². The van der Waals surface area contributed by atoms with Gasteiger partial charge in [0.05, 0.1) is 17.3 Å². The minimum atomic E-state index is -3.52. The second-order valence-corrected chi connectivity index (χ2v) is 10.4. The number of anilines is 2. The number of hydrogen-bond donors (Lipinski definition) is 1. The molecule has 1 heterocycles. The van der Waals surface area contributed by atoms with Gasteiger partial charge in [0.15, 0.2) is 15.7 Å². The summed E-state index contributed by atoms with van der Waals surface area (Å²) in [6.07, 6.45) is 7.70. The Morgan fingerprint density at radius 2 is 1.97 bits per heavy atom. The molecule has 30 heavy (non-hydrogen) atoms. The molecule has 1 fully saturated rings. The van der Waals surface area contributed by atoms with Crippen molar-refractivity contribution in [3.05, 3.63) is 42.2 Å². The summed E-state index contributed by atoms with van der Waals surface area (Å²) in [6.45, 7) is 0. The van der Waals surface area contributed by atoms with Crippen molar-refractivity contribution < 1.29 is 13.2 Å². The molecule has 1 aromatic heterocycles. The highest BCUT2D eigenvalue weighted by Gasteiger charge is 2.29. The first-order chi connectivity index (χ1) is 14.3. The molecular formula is C21H27ClN4O3S. The van der Waals surface area contributed by atoms with Crippen LogP contribution in [0.15, 0.2) is 41.6 Å². The molecule has 0 radical (unpaired) electrons. The van der Waals surface area contributed by atoms with E-state index in [4.69, 9.17) is 11.6 Å². The van der Waals surface area contributed by atoms with Crippen molar-refractivity contribution in [1.82, 2.24) is 9.97 Å². The number of nitrogens with one attached hydrogen (secondary N) is 1. The van der Waals surface area contributed by atoms with E-state index in [-0.39, 0.29) is 23.1 Å². The maximum Gasteiger partial charge on any atom is 0.226 e. The van der Waals surface area contributed by atoms with Gasteiger partial charge in [-0.05, 0) is 42.4 Å². The average molecular weight is 451 g/mol. The van der Waals surface area contributed by atoms with Gasteiger partial charge in [0.2, 0.25) is 5.91 Å². The Hall–Kier alpha value is -2.19. The molecule has 0 spiro atoms. The van der Waals surface area contributed by atoms with E-state index >= 15 is 0 Å². The summed E-state index contributed by atoms with van der Waals surface area (Å²) < 4.78 is 24.4. The number of amides is 1. The van der Waals surface area contributed by atoms with E-state index in [1.54, 1.807) is 24.4 Å². The number of halogens is 1. The molecule has 1 atom stereocenters. The van der Waals surface area contributed by atoms with Crippen molar-refractivity contribution in [2.75, 3.05) is 29.5 Å². The quantitative estimate of drug-likeness (QED) is 0.614. The lowest BCUT2D eigenvalue weighted by atomic mass is 9.82. The normalized spacial score (nSPS) is 15.7. The molecule has 9 heteroatoms. The SMILES string of the molecule is CN(C)c1cnc(NC(=O)CC(c2cccc(S(=O)(=O)CCl)c2)C2CCCC2)cn1. The van der Waals surface area contributed by atoms with Crippen LogP contribution in [-0.2, 0) is 14.6 Å². The van der Waals surface area contributed by atoms with Crippen molar-refractivity contribution in [2.45, 2.75) is 42.9 Å². The van der Waals surface area contributed by atoms with Gasteiger partial charge in [-0.2, -0.15) is 0 Å². The molecule has 1 amide bonds. The molecule has 1 aromatic carbocycles. The first kappa shape index (κ1) is 22.5. The predicted octanol–water partition coefficient (Wildman–Crippen LogP) is 3.82. The predicted molar refractivity (Wildman–Crippen MR) is 119 cm³/mol. The smallest absolute Gasteiger partial charge is 0.226 e. The van der Waals surface area contributed by atoms with Crippen LogP contribution in [-0.4, -0.2) is 43.6 Å². The summed E-state index contributed by atoms with van der Waals surface area (Å²) in [6, 6.07) is 6.84. The molecule has 1 aliphatic rings. The fourth-order valence-corrected chi connectivity index (χ4v) is 5.03. The van der Waals surface area contributed by atoms with Crippen molar-refractivity contribution in [2.24, 2.45) is 5.92 Å². The number of hydrogen-bond acceptors (Lipinski definition) is 6. The summed E-state index contributed by atoms with van der Waals surface area (Å²) in [5.41, 5.74) is 0.859. The van der Waals surface area contributed by atoms with Crippen LogP contribution in [0.1, 0.15) is 43.6 Å². The number of nitrogens with zero attached hydrogens (tertiary/aromatic N) is 3. The molecule has 0 saturated heterocycles. The van der Waals surface area contributed by atoms with Crippen LogP contribution < -0.4 is 10.2 Å². The Kier molecular flexibility index (Phi) is 7.31. The third kappa shape index (κ3) is 5.49. The molecule has 1 unspecified atom stereocenters. The summed E-state index contributed by atoms with van der Waals surface area (Å²) in [4.78, 5) is 23.3. The Morgan fingerprint density at radius 1 is 1.23 bits per heavy atom. The van der Waals surface area contributed by atoms with Crippen LogP contribution in [0.5, 0.6) is 0 Å². The maximum absolute atomic E-state index is 12.8. The van der Waals surface area contributed by atoms with Crippen molar-refractivity contribution >= 4 is 39.0 Å². The largest absolute Gasteiger partial charge is 0.361 e. The number of carbonyl (C=O) groups is 1.